The number of nitrogens with zero attached hydrogens (tertiary/aromatic N) is 3. The summed E-state index contributed by atoms with van der Waals surface area (Å²) in [7, 11) is 0. The number of hydrogen-bond donors (Lipinski definition) is 0. The van der Waals surface area contributed by atoms with Gasteiger partial charge in [-0.3, -0.25) is 14.6 Å². The Labute approximate surface area is 196 Å². The van der Waals surface area contributed by atoms with E-state index in [1.165, 1.54) is 17.7 Å². The number of ether oxygens (including phenoxy) is 2. The van der Waals surface area contributed by atoms with Crippen LogP contribution in [0.5, 0.6) is 0 Å². The Morgan fingerprint density at radius 2 is 1.64 bits per heavy atom. The van der Waals surface area contributed by atoms with Crippen LogP contribution in [-0.2, 0) is 22.6 Å². The average Bonchev–Trinajstić information content (AvgIpc) is 2.86. The molecule has 6 heteroatoms. The van der Waals surface area contributed by atoms with Crippen LogP contribution in [-0.4, -0.2) is 73.0 Å². The molecular weight excluding hydrogens is 414 g/mol. The lowest BCUT2D eigenvalue weighted by molar-refractivity contribution is 0.00589. The minimum Gasteiger partial charge on any atom is -0.381 e. The van der Waals surface area contributed by atoms with Crippen molar-refractivity contribution in [2.75, 3.05) is 52.6 Å². The van der Waals surface area contributed by atoms with Crippen LogP contribution in [0.3, 0.4) is 0 Å². The number of benzene rings is 1. The summed E-state index contributed by atoms with van der Waals surface area (Å²) in [6, 6.07) is 13.4. The van der Waals surface area contributed by atoms with Crippen molar-refractivity contribution in [2.24, 2.45) is 5.92 Å². The standard InChI is InChI=1S/C27H35N3O3/c31-27-25(24-4-2-1-3-21(24)18-28-9-13-33-14-10-28)5-6-26-22-15-20(17-30(26)27)16-29(19-22)23-7-11-32-12-8-23/h1-6,20,22-23H,7-19H2. The Bertz CT molecular complexity index is 1040. The molecule has 3 saturated heterocycles. The van der Waals surface area contributed by atoms with Gasteiger partial charge in [0.1, 0.15) is 0 Å². The lowest BCUT2D eigenvalue weighted by atomic mass is 9.81. The first-order valence-electron chi connectivity index (χ1n) is 12.7. The quantitative estimate of drug-likeness (QED) is 0.718. The number of pyridine rings is 1. The van der Waals surface area contributed by atoms with E-state index >= 15 is 0 Å². The van der Waals surface area contributed by atoms with E-state index in [-0.39, 0.29) is 5.56 Å². The van der Waals surface area contributed by atoms with Gasteiger partial charge in [0.2, 0.25) is 0 Å². The molecule has 4 aliphatic rings. The van der Waals surface area contributed by atoms with E-state index in [4.69, 9.17) is 9.47 Å². The number of likely N-dealkylation sites (tertiary alicyclic amines) is 1. The van der Waals surface area contributed by atoms with Crippen molar-refractivity contribution in [2.45, 2.75) is 44.3 Å². The van der Waals surface area contributed by atoms with Gasteiger partial charge in [-0.25, -0.2) is 0 Å². The first-order chi connectivity index (χ1) is 16.3. The predicted molar refractivity (Wildman–Crippen MR) is 128 cm³/mol. The van der Waals surface area contributed by atoms with E-state index in [1.54, 1.807) is 0 Å². The van der Waals surface area contributed by atoms with E-state index in [0.29, 0.717) is 17.9 Å². The molecule has 0 aliphatic carbocycles. The lowest BCUT2D eigenvalue weighted by Crippen LogP contribution is -2.51. The van der Waals surface area contributed by atoms with Gasteiger partial charge in [0.15, 0.2) is 0 Å². The maximum atomic E-state index is 13.8. The summed E-state index contributed by atoms with van der Waals surface area (Å²) in [6.07, 6.45) is 3.50. The van der Waals surface area contributed by atoms with Gasteiger partial charge in [-0.05, 0) is 48.4 Å². The van der Waals surface area contributed by atoms with Crippen molar-refractivity contribution in [1.82, 2.24) is 14.4 Å². The van der Waals surface area contributed by atoms with Gasteiger partial charge in [0.05, 0.1) is 13.2 Å². The summed E-state index contributed by atoms with van der Waals surface area (Å²) in [6.45, 7) is 9.16. The normalized spacial score (nSPS) is 26.8. The fourth-order valence-electron chi connectivity index (χ4n) is 6.46. The Balaban J connectivity index is 1.28. The first kappa shape index (κ1) is 21.5. The number of hydrogen-bond acceptors (Lipinski definition) is 5. The van der Waals surface area contributed by atoms with E-state index in [2.05, 4.69) is 50.8 Å². The highest BCUT2D eigenvalue weighted by Gasteiger charge is 2.37. The molecule has 2 bridgehead atoms. The molecular formula is C27H35N3O3. The molecule has 1 aromatic carbocycles. The molecule has 0 saturated carbocycles. The van der Waals surface area contributed by atoms with Crippen LogP contribution >= 0.6 is 0 Å². The smallest absolute Gasteiger partial charge is 0.258 e. The van der Waals surface area contributed by atoms with Crippen LogP contribution in [0.1, 0.15) is 36.4 Å². The SMILES string of the molecule is O=c1c(-c2ccccc2CN2CCOCC2)ccc2n1CC1CC2CN(C2CCOCC2)C1. The molecule has 0 amide bonds. The average molecular weight is 450 g/mol. The van der Waals surface area contributed by atoms with Crippen LogP contribution in [0.25, 0.3) is 11.1 Å². The second-order valence-corrected chi connectivity index (χ2v) is 10.2. The molecule has 0 N–H and O–H groups in total. The molecule has 2 aromatic rings. The Hall–Kier alpha value is -1.99. The summed E-state index contributed by atoms with van der Waals surface area (Å²) in [5.41, 5.74) is 4.60. The maximum Gasteiger partial charge on any atom is 0.258 e. The van der Waals surface area contributed by atoms with Crippen molar-refractivity contribution in [3.63, 3.8) is 0 Å². The van der Waals surface area contributed by atoms with E-state index in [0.717, 1.165) is 89.7 Å². The molecule has 2 unspecified atom stereocenters. The van der Waals surface area contributed by atoms with Crippen LogP contribution in [0, 0.1) is 5.92 Å². The van der Waals surface area contributed by atoms with Gasteiger partial charge in [0.25, 0.3) is 5.56 Å². The molecule has 176 valence electrons. The van der Waals surface area contributed by atoms with E-state index in [9.17, 15) is 4.79 Å². The number of morpholine rings is 1. The van der Waals surface area contributed by atoms with E-state index in [1.807, 2.05) is 0 Å². The van der Waals surface area contributed by atoms with Crippen LogP contribution in [0.4, 0.5) is 0 Å². The third kappa shape index (κ3) is 4.30. The number of piperidine rings is 1. The number of rotatable bonds is 4. The summed E-state index contributed by atoms with van der Waals surface area (Å²) in [4.78, 5) is 18.9. The Morgan fingerprint density at radius 3 is 2.48 bits per heavy atom. The lowest BCUT2D eigenvalue weighted by Gasteiger charge is -2.46. The third-order valence-electron chi connectivity index (χ3n) is 8.14. The third-order valence-corrected chi connectivity index (χ3v) is 8.14. The van der Waals surface area contributed by atoms with E-state index < -0.39 is 0 Å². The highest BCUT2D eigenvalue weighted by atomic mass is 16.5. The second kappa shape index (κ2) is 9.34. The van der Waals surface area contributed by atoms with Gasteiger partial charge in [0, 0.05) is 75.7 Å². The molecule has 0 radical (unpaired) electrons. The zero-order valence-electron chi connectivity index (χ0n) is 19.5. The largest absolute Gasteiger partial charge is 0.381 e. The van der Waals surface area contributed by atoms with Gasteiger partial charge < -0.3 is 14.0 Å². The topological polar surface area (TPSA) is 46.9 Å². The summed E-state index contributed by atoms with van der Waals surface area (Å²) in [5.74, 6) is 1.03. The van der Waals surface area contributed by atoms with Crippen molar-refractivity contribution in [3.8, 4) is 11.1 Å². The number of fused-ring (bicyclic) bond motifs is 4. The molecule has 4 aliphatic heterocycles. The minimum absolute atomic E-state index is 0.191. The highest BCUT2D eigenvalue weighted by molar-refractivity contribution is 5.66. The van der Waals surface area contributed by atoms with Crippen molar-refractivity contribution >= 4 is 0 Å². The molecule has 3 fully saturated rings. The van der Waals surface area contributed by atoms with Crippen LogP contribution in [0.15, 0.2) is 41.2 Å². The van der Waals surface area contributed by atoms with Gasteiger partial charge in [-0.15, -0.1) is 0 Å². The van der Waals surface area contributed by atoms with Crippen LogP contribution in [0.2, 0.25) is 0 Å². The molecule has 6 rings (SSSR count). The maximum absolute atomic E-state index is 13.8. The van der Waals surface area contributed by atoms with Gasteiger partial charge in [-0.1, -0.05) is 24.3 Å². The summed E-state index contributed by atoms with van der Waals surface area (Å²) >= 11 is 0. The monoisotopic (exact) mass is 449 g/mol. The van der Waals surface area contributed by atoms with Crippen molar-refractivity contribution in [1.29, 1.82) is 0 Å². The molecule has 33 heavy (non-hydrogen) atoms. The van der Waals surface area contributed by atoms with Crippen LogP contribution < -0.4 is 5.56 Å². The Kier molecular flexibility index (Phi) is 6.09. The Morgan fingerprint density at radius 1 is 0.848 bits per heavy atom. The molecule has 1 aromatic heterocycles. The van der Waals surface area contributed by atoms with Gasteiger partial charge >= 0.3 is 0 Å². The molecule has 2 atom stereocenters. The zero-order valence-corrected chi connectivity index (χ0v) is 19.5. The summed E-state index contributed by atoms with van der Waals surface area (Å²) in [5, 5.41) is 0. The number of aromatic nitrogens is 1. The molecule has 6 nitrogen and oxygen atoms in total. The molecule has 0 spiro atoms. The fourth-order valence-corrected chi connectivity index (χ4v) is 6.46. The zero-order chi connectivity index (χ0) is 22.2. The van der Waals surface area contributed by atoms with Gasteiger partial charge in [-0.2, -0.15) is 0 Å². The predicted octanol–water partition coefficient (Wildman–Crippen LogP) is 2.95. The highest BCUT2D eigenvalue weighted by Crippen LogP contribution is 2.37. The first-order valence-corrected chi connectivity index (χ1v) is 12.7. The second-order valence-electron chi connectivity index (χ2n) is 10.2. The summed E-state index contributed by atoms with van der Waals surface area (Å²) < 4.78 is 13.2. The van der Waals surface area contributed by atoms with Crippen molar-refractivity contribution < 1.29 is 9.47 Å². The van der Waals surface area contributed by atoms with Crippen molar-refractivity contribution in [3.05, 3.63) is 58.0 Å². The molecule has 5 heterocycles. The fraction of sp³-hybridized carbons (Fsp3) is 0.593. The minimum atomic E-state index is 0.191.